The molecule has 0 aromatic carbocycles. The smallest absolute Gasteiger partial charge is 0.000998 e. The van der Waals surface area contributed by atoms with Crippen molar-refractivity contribution >= 4 is 0 Å². The second-order valence-corrected chi connectivity index (χ2v) is 6.47. The van der Waals surface area contributed by atoms with Gasteiger partial charge in [0.2, 0.25) is 0 Å². The van der Waals surface area contributed by atoms with Gasteiger partial charge in [-0.1, -0.05) is 27.2 Å². The fraction of sp³-hybridized carbons (Fsp3) is 1.00. The number of nitrogens with zero attached hydrogens (tertiary/aromatic N) is 1. The predicted octanol–water partition coefficient (Wildman–Crippen LogP) is 3.79. The molecular formula is C15H29N. The molecule has 94 valence electrons. The van der Waals surface area contributed by atoms with Gasteiger partial charge in [0.05, 0.1) is 0 Å². The summed E-state index contributed by atoms with van der Waals surface area (Å²) in [6, 6.07) is 0. The first kappa shape index (κ1) is 12.4. The lowest BCUT2D eigenvalue weighted by Crippen LogP contribution is -2.38. The third kappa shape index (κ3) is 3.00. The SMILES string of the molecule is CCC1CCCN(CC2CC(C)C(C)C2)C1. The van der Waals surface area contributed by atoms with E-state index < -0.39 is 0 Å². The van der Waals surface area contributed by atoms with Gasteiger partial charge in [0.25, 0.3) is 0 Å². The highest BCUT2D eigenvalue weighted by Crippen LogP contribution is 2.36. The summed E-state index contributed by atoms with van der Waals surface area (Å²) in [6.45, 7) is 11.4. The van der Waals surface area contributed by atoms with Crippen molar-refractivity contribution in [3.63, 3.8) is 0 Å². The van der Waals surface area contributed by atoms with Crippen LogP contribution in [0.25, 0.3) is 0 Å². The normalized spacial score (nSPS) is 41.4. The van der Waals surface area contributed by atoms with Crippen LogP contribution >= 0.6 is 0 Å². The first-order chi connectivity index (χ1) is 7.69. The van der Waals surface area contributed by atoms with Gasteiger partial charge in [0.1, 0.15) is 0 Å². The molecule has 2 rings (SSSR count). The molecular weight excluding hydrogens is 194 g/mol. The van der Waals surface area contributed by atoms with Crippen LogP contribution in [0.3, 0.4) is 0 Å². The Labute approximate surface area is 102 Å². The number of likely N-dealkylation sites (tertiary alicyclic amines) is 1. The van der Waals surface area contributed by atoms with Gasteiger partial charge in [-0.05, 0) is 55.9 Å². The molecule has 0 radical (unpaired) electrons. The Hall–Kier alpha value is -0.0400. The third-order valence-corrected chi connectivity index (χ3v) is 5.08. The van der Waals surface area contributed by atoms with E-state index in [2.05, 4.69) is 25.7 Å². The molecule has 2 aliphatic rings. The molecule has 3 atom stereocenters. The molecule has 0 bridgehead atoms. The summed E-state index contributed by atoms with van der Waals surface area (Å²) in [4.78, 5) is 2.76. The number of hydrogen-bond acceptors (Lipinski definition) is 1. The standard InChI is InChI=1S/C15H29N/c1-4-14-6-5-7-16(10-14)11-15-8-12(2)13(3)9-15/h12-15H,4-11H2,1-3H3. The second kappa shape index (κ2) is 5.53. The van der Waals surface area contributed by atoms with E-state index >= 15 is 0 Å². The molecule has 0 spiro atoms. The van der Waals surface area contributed by atoms with Gasteiger partial charge in [-0.15, -0.1) is 0 Å². The Balaban J connectivity index is 1.77. The summed E-state index contributed by atoms with van der Waals surface area (Å²) in [5.41, 5.74) is 0. The van der Waals surface area contributed by atoms with Crippen molar-refractivity contribution in [3.8, 4) is 0 Å². The number of piperidine rings is 1. The molecule has 3 unspecified atom stereocenters. The monoisotopic (exact) mass is 223 g/mol. The van der Waals surface area contributed by atoms with Gasteiger partial charge < -0.3 is 4.90 Å². The molecule has 1 heterocycles. The molecule has 16 heavy (non-hydrogen) atoms. The Morgan fingerprint density at radius 1 is 1.06 bits per heavy atom. The zero-order chi connectivity index (χ0) is 11.5. The van der Waals surface area contributed by atoms with E-state index in [1.54, 1.807) is 0 Å². The van der Waals surface area contributed by atoms with Crippen LogP contribution in [0.1, 0.15) is 52.9 Å². The van der Waals surface area contributed by atoms with Crippen LogP contribution in [0.5, 0.6) is 0 Å². The van der Waals surface area contributed by atoms with Crippen LogP contribution in [0.4, 0.5) is 0 Å². The fourth-order valence-electron chi connectivity index (χ4n) is 3.78. The van der Waals surface area contributed by atoms with E-state index in [-0.39, 0.29) is 0 Å². The number of rotatable bonds is 3. The minimum absolute atomic E-state index is 0.969. The molecule has 0 N–H and O–H groups in total. The average molecular weight is 223 g/mol. The van der Waals surface area contributed by atoms with Crippen molar-refractivity contribution in [1.29, 1.82) is 0 Å². The minimum Gasteiger partial charge on any atom is -0.303 e. The molecule has 0 aromatic heterocycles. The summed E-state index contributed by atoms with van der Waals surface area (Å²) < 4.78 is 0. The molecule has 1 aliphatic carbocycles. The highest BCUT2D eigenvalue weighted by Gasteiger charge is 2.30. The third-order valence-electron chi connectivity index (χ3n) is 5.08. The molecule has 0 amide bonds. The maximum Gasteiger partial charge on any atom is 0.000998 e. The van der Waals surface area contributed by atoms with Crippen molar-refractivity contribution < 1.29 is 0 Å². The fourth-order valence-corrected chi connectivity index (χ4v) is 3.78. The lowest BCUT2D eigenvalue weighted by Gasteiger charge is -2.34. The Morgan fingerprint density at radius 2 is 1.75 bits per heavy atom. The first-order valence-electron chi connectivity index (χ1n) is 7.41. The summed E-state index contributed by atoms with van der Waals surface area (Å²) in [6.07, 6.45) is 7.26. The zero-order valence-corrected chi connectivity index (χ0v) is 11.4. The van der Waals surface area contributed by atoms with Crippen molar-refractivity contribution in [2.24, 2.45) is 23.7 Å². The van der Waals surface area contributed by atoms with Crippen molar-refractivity contribution in [2.45, 2.75) is 52.9 Å². The van der Waals surface area contributed by atoms with E-state index in [4.69, 9.17) is 0 Å². The number of hydrogen-bond donors (Lipinski definition) is 0. The van der Waals surface area contributed by atoms with E-state index in [0.29, 0.717) is 0 Å². The average Bonchev–Trinajstić information content (AvgIpc) is 2.58. The highest BCUT2D eigenvalue weighted by molar-refractivity contribution is 4.82. The topological polar surface area (TPSA) is 3.24 Å². The molecule has 1 aliphatic heterocycles. The molecule has 2 fully saturated rings. The van der Waals surface area contributed by atoms with E-state index in [1.165, 1.54) is 51.7 Å². The summed E-state index contributed by atoms with van der Waals surface area (Å²) in [7, 11) is 0. The van der Waals surface area contributed by atoms with E-state index in [0.717, 1.165) is 23.7 Å². The van der Waals surface area contributed by atoms with Gasteiger partial charge >= 0.3 is 0 Å². The summed E-state index contributed by atoms with van der Waals surface area (Å²) >= 11 is 0. The van der Waals surface area contributed by atoms with Crippen LogP contribution in [0, 0.1) is 23.7 Å². The van der Waals surface area contributed by atoms with Gasteiger partial charge in [0.15, 0.2) is 0 Å². The van der Waals surface area contributed by atoms with Crippen molar-refractivity contribution in [3.05, 3.63) is 0 Å². The Kier molecular flexibility index (Phi) is 4.29. The summed E-state index contributed by atoms with van der Waals surface area (Å²) in [5, 5.41) is 0. The predicted molar refractivity (Wildman–Crippen MR) is 70.5 cm³/mol. The molecule has 1 nitrogen and oxygen atoms in total. The Bertz CT molecular complexity index is 203. The van der Waals surface area contributed by atoms with Crippen LogP contribution in [0.15, 0.2) is 0 Å². The molecule has 0 aromatic rings. The lowest BCUT2D eigenvalue weighted by atomic mass is 9.94. The van der Waals surface area contributed by atoms with Crippen LogP contribution in [-0.2, 0) is 0 Å². The van der Waals surface area contributed by atoms with Gasteiger partial charge in [-0.3, -0.25) is 0 Å². The van der Waals surface area contributed by atoms with E-state index in [1.807, 2.05) is 0 Å². The lowest BCUT2D eigenvalue weighted by molar-refractivity contribution is 0.148. The molecule has 1 saturated carbocycles. The second-order valence-electron chi connectivity index (χ2n) is 6.47. The minimum atomic E-state index is 0.969. The van der Waals surface area contributed by atoms with Crippen molar-refractivity contribution in [1.82, 2.24) is 4.90 Å². The van der Waals surface area contributed by atoms with Crippen LogP contribution in [0.2, 0.25) is 0 Å². The molecule has 1 heteroatoms. The van der Waals surface area contributed by atoms with Gasteiger partial charge in [-0.25, -0.2) is 0 Å². The highest BCUT2D eigenvalue weighted by atomic mass is 15.1. The van der Waals surface area contributed by atoms with E-state index in [9.17, 15) is 0 Å². The molecule has 1 saturated heterocycles. The quantitative estimate of drug-likeness (QED) is 0.703. The Morgan fingerprint density at radius 3 is 2.38 bits per heavy atom. The maximum absolute atomic E-state index is 2.76. The maximum atomic E-state index is 2.76. The van der Waals surface area contributed by atoms with Crippen LogP contribution < -0.4 is 0 Å². The van der Waals surface area contributed by atoms with Gasteiger partial charge in [0, 0.05) is 13.1 Å². The van der Waals surface area contributed by atoms with Crippen LogP contribution in [-0.4, -0.2) is 24.5 Å². The summed E-state index contributed by atoms with van der Waals surface area (Å²) in [5.74, 6) is 3.93. The zero-order valence-electron chi connectivity index (χ0n) is 11.4. The first-order valence-corrected chi connectivity index (χ1v) is 7.41. The van der Waals surface area contributed by atoms with Crippen molar-refractivity contribution in [2.75, 3.05) is 19.6 Å². The van der Waals surface area contributed by atoms with Gasteiger partial charge in [-0.2, -0.15) is 0 Å². The largest absolute Gasteiger partial charge is 0.303 e.